The van der Waals surface area contributed by atoms with Crippen LogP contribution < -0.4 is 0 Å². The largest absolute Gasteiger partial charge is 0.327 e. The monoisotopic (exact) mass is 377 g/mol. The SMILES string of the molecule is Cn1c(C/C(=C2\C[C@@H]3CC[C@H]2C3)[N+](=O)[O-])nc2c1C(=O)c1ccccc1C2=O. The van der Waals surface area contributed by atoms with Crippen LogP contribution in [0.15, 0.2) is 35.5 Å². The molecule has 7 heteroatoms. The second-order valence-corrected chi connectivity index (χ2v) is 7.97. The second kappa shape index (κ2) is 5.95. The van der Waals surface area contributed by atoms with E-state index in [1.54, 1.807) is 35.9 Å². The number of imidazole rings is 1. The first-order valence-corrected chi connectivity index (χ1v) is 9.56. The van der Waals surface area contributed by atoms with Crippen LogP contribution in [0, 0.1) is 22.0 Å². The number of allylic oxidation sites excluding steroid dienone is 2. The molecule has 5 rings (SSSR count). The number of rotatable bonds is 3. The van der Waals surface area contributed by atoms with E-state index in [9.17, 15) is 19.7 Å². The summed E-state index contributed by atoms with van der Waals surface area (Å²) in [5, 5.41) is 11.8. The Morgan fingerprint density at radius 1 is 1.21 bits per heavy atom. The van der Waals surface area contributed by atoms with E-state index in [0.717, 1.165) is 31.3 Å². The summed E-state index contributed by atoms with van der Waals surface area (Å²) in [6.45, 7) is 0. The van der Waals surface area contributed by atoms with E-state index in [1.807, 2.05) is 0 Å². The highest BCUT2D eigenvalue weighted by molar-refractivity contribution is 6.27. The molecule has 2 aromatic rings. The van der Waals surface area contributed by atoms with Crippen LogP contribution in [0.5, 0.6) is 0 Å². The molecular weight excluding hydrogens is 358 g/mol. The third kappa shape index (κ3) is 2.32. The maximum Gasteiger partial charge on any atom is 0.253 e. The summed E-state index contributed by atoms with van der Waals surface area (Å²) < 4.78 is 1.56. The molecule has 1 aromatic carbocycles. The Morgan fingerprint density at radius 2 is 1.93 bits per heavy atom. The van der Waals surface area contributed by atoms with Gasteiger partial charge >= 0.3 is 0 Å². The normalized spacial score (nSPS) is 24.3. The van der Waals surface area contributed by atoms with Crippen molar-refractivity contribution in [3.8, 4) is 0 Å². The van der Waals surface area contributed by atoms with Gasteiger partial charge in [0.05, 0.1) is 11.3 Å². The summed E-state index contributed by atoms with van der Waals surface area (Å²) in [7, 11) is 1.66. The predicted octanol–water partition coefficient (Wildman–Crippen LogP) is 3.09. The summed E-state index contributed by atoms with van der Waals surface area (Å²) in [5.74, 6) is 0.681. The number of nitrogens with zero attached hydrogens (tertiary/aromatic N) is 3. The lowest BCUT2D eigenvalue weighted by atomic mass is 9.90. The first-order valence-electron chi connectivity index (χ1n) is 9.56. The number of fused-ring (bicyclic) bond motifs is 4. The summed E-state index contributed by atoms with van der Waals surface area (Å²) in [6, 6.07) is 6.68. The third-order valence-electron chi connectivity index (χ3n) is 6.49. The average molecular weight is 377 g/mol. The van der Waals surface area contributed by atoms with Crippen molar-refractivity contribution >= 4 is 11.6 Å². The highest BCUT2D eigenvalue weighted by Gasteiger charge is 2.41. The number of ketones is 2. The van der Waals surface area contributed by atoms with Crippen molar-refractivity contribution in [2.24, 2.45) is 18.9 Å². The molecule has 2 atom stereocenters. The lowest BCUT2D eigenvalue weighted by Crippen LogP contribution is -2.22. The summed E-state index contributed by atoms with van der Waals surface area (Å²) in [5.41, 5.74) is 2.14. The van der Waals surface area contributed by atoms with Gasteiger partial charge in [-0.2, -0.15) is 0 Å². The first kappa shape index (κ1) is 17.0. The second-order valence-electron chi connectivity index (χ2n) is 7.97. The number of carbonyl (C=O) groups excluding carboxylic acids is 2. The molecule has 28 heavy (non-hydrogen) atoms. The minimum absolute atomic E-state index is 0.0337. The maximum absolute atomic E-state index is 12.9. The average Bonchev–Trinajstić information content (AvgIpc) is 3.39. The molecule has 0 N–H and O–H groups in total. The number of hydrogen-bond donors (Lipinski definition) is 0. The van der Waals surface area contributed by atoms with Crippen molar-refractivity contribution in [1.82, 2.24) is 9.55 Å². The molecule has 0 radical (unpaired) electrons. The summed E-state index contributed by atoms with van der Waals surface area (Å²) in [6.07, 6.45) is 4.02. The molecule has 0 aliphatic heterocycles. The van der Waals surface area contributed by atoms with Crippen LogP contribution in [0.25, 0.3) is 0 Å². The molecule has 0 amide bonds. The number of carbonyl (C=O) groups is 2. The number of benzene rings is 1. The van der Waals surface area contributed by atoms with Crippen molar-refractivity contribution in [3.63, 3.8) is 0 Å². The molecule has 3 aliphatic carbocycles. The highest BCUT2D eigenvalue weighted by atomic mass is 16.6. The van der Waals surface area contributed by atoms with Crippen LogP contribution in [0.4, 0.5) is 0 Å². The molecule has 2 bridgehead atoms. The molecule has 2 saturated carbocycles. The quantitative estimate of drug-likeness (QED) is 0.516. The lowest BCUT2D eigenvalue weighted by Gasteiger charge is -2.15. The molecular formula is C21H19N3O4. The van der Waals surface area contributed by atoms with Gasteiger partial charge in [0.15, 0.2) is 0 Å². The van der Waals surface area contributed by atoms with Crippen LogP contribution in [0.1, 0.15) is 63.6 Å². The first-order chi connectivity index (χ1) is 13.5. The molecule has 0 spiro atoms. The molecule has 1 aromatic heterocycles. The fourth-order valence-electron chi connectivity index (χ4n) is 5.11. The Kier molecular flexibility index (Phi) is 3.62. The zero-order valence-corrected chi connectivity index (χ0v) is 15.5. The lowest BCUT2D eigenvalue weighted by molar-refractivity contribution is -0.429. The van der Waals surface area contributed by atoms with Crippen LogP contribution in [-0.2, 0) is 13.5 Å². The van der Waals surface area contributed by atoms with Gasteiger partial charge in [-0.05, 0) is 37.5 Å². The molecule has 1 heterocycles. The van der Waals surface area contributed by atoms with E-state index in [4.69, 9.17) is 0 Å². The van der Waals surface area contributed by atoms with Gasteiger partial charge in [-0.1, -0.05) is 24.3 Å². The minimum Gasteiger partial charge on any atom is -0.327 e. The molecule has 0 saturated heterocycles. The zero-order valence-electron chi connectivity index (χ0n) is 15.5. The van der Waals surface area contributed by atoms with E-state index in [2.05, 4.69) is 4.98 Å². The van der Waals surface area contributed by atoms with Crippen molar-refractivity contribution < 1.29 is 14.5 Å². The smallest absolute Gasteiger partial charge is 0.253 e. The van der Waals surface area contributed by atoms with Gasteiger partial charge in [0, 0.05) is 23.7 Å². The Labute approximate surface area is 161 Å². The van der Waals surface area contributed by atoms with Crippen molar-refractivity contribution in [2.75, 3.05) is 0 Å². The molecule has 0 unspecified atom stereocenters. The van der Waals surface area contributed by atoms with Gasteiger partial charge in [-0.15, -0.1) is 0 Å². The van der Waals surface area contributed by atoms with E-state index in [-0.39, 0.29) is 40.0 Å². The van der Waals surface area contributed by atoms with Crippen LogP contribution >= 0.6 is 0 Å². The third-order valence-corrected chi connectivity index (χ3v) is 6.49. The molecule has 142 valence electrons. The van der Waals surface area contributed by atoms with Gasteiger partial charge in [0.2, 0.25) is 11.6 Å². The van der Waals surface area contributed by atoms with Gasteiger partial charge in [-0.25, -0.2) is 4.98 Å². The van der Waals surface area contributed by atoms with Gasteiger partial charge in [0.25, 0.3) is 5.70 Å². The van der Waals surface area contributed by atoms with Crippen LogP contribution in [-0.4, -0.2) is 26.0 Å². The maximum atomic E-state index is 12.9. The molecule has 3 aliphatic rings. The number of aromatic nitrogens is 2. The fraction of sp³-hybridized carbons (Fsp3) is 0.381. The summed E-state index contributed by atoms with van der Waals surface area (Å²) in [4.78, 5) is 41.6. The Balaban J connectivity index is 1.58. The Hall–Kier alpha value is -3.09. The number of hydrogen-bond acceptors (Lipinski definition) is 5. The molecule has 2 fully saturated rings. The fourth-order valence-corrected chi connectivity index (χ4v) is 5.11. The highest BCUT2D eigenvalue weighted by Crippen LogP contribution is 2.49. The minimum atomic E-state index is -0.303. The number of nitro groups is 1. The Bertz CT molecular complexity index is 1100. The van der Waals surface area contributed by atoms with Gasteiger partial charge in [-0.3, -0.25) is 19.7 Å². The summed E-state index contributed by atoms with van der Waals surface area (Å²) >= 11 is 0. The van der Waals surface area contributed by atoms with Crippen molar-refractivity contribution in [2.45, 2.75) is 32.1 Å². The zero-order chi connectivity index (χ0) is 19.6. The standard InChI is InChI=1S/C21H19N3O4/c1-23-17(10-16(24(27)28)15-9-11-6-7-12(15)8-11)22-18-19(23)21(26)14-5-3-2-4-13(14)20(18)25/h2-5,11-12H,6-10H2,1H3/b16-15-/t11-,12+/m1/s1. The molecule has 7 nitrogen and oxygen atoms in total. The van der Waals surface area contributed by atoms with Gasteiger partial charge in [0.1, 0.15) is 17.2 Å². The Morgan fingerprint density at radius 3 is 2.54 bits per heavy atom. The van der Waals surface area contributed by atoms with Crippen LogP contribution in [0.2, 0.25) is 0 Å². The van der Waals surface area contributed by atoms with Crippen LogP contribution in [0.3, 0.4) is 0 Å². The van der Waals surface area contributed by atoms with E-state index < -0.39 is 0 Å². The van der Waals surface area contributed by atoms with E-state index in [1.165, 1.54) is 0 Å². The van der Waals surface area contributed by atoms with E-state index in [0.29, 0.717) is 28.8 Å². The van der Waals surface area contributed by atoms with Crippen molar-refractivity contribution in [3.05, 3.63) is 74.0 Å². The topological polar surface area (TPSA) is 95.1 Å². The predicted molar refractivity (Wildman–Crippen MR) is 99.7 cm³/mol. The van der Waals surface area contributed by atoms with Crippen molar-refractivity contribution in [1.29, 1.82) is 0 Å². The van der Waals surface area contributed by atoms with Gasteiger partial charge < -0.3 is 4.57 Å². The van der Waals surface area contributed by atoms with E-state index >= 15 is 0 Å².